The molecule has 3 unspecified atom stereocenters. The van der Waals surface area contributed by atoms with Crippen molar-refractivity contribution in [2.75, 3.05) is 43.7 Å². The molecule has 424 valence electrons. The van der Waals surface area contributed by atoms with Gasteiger partial charge in [-0.05, 0) is 111 Å². The molecule has 0 saturated heterocycles. The molecule has 0 aliphatic rings. The first kappa shape index (κ1) is 71.6. The molecule has 2 rings (SSSR count). The summed E-state index contributed by atoms with van der Waals surface area (Å²) in [4.78, 5) is 110. The van der Waals surface area contributed by atoms with E-state index in [4.69, 9.17) is 9.90 Å². The number of unbranched alkanes of at least 4 members (excludes halogenated alkanes) is 2. The highest BCUT2D eigenvalue weighted by molar-refractivity contribution is 7.98. The van der Waals surface area contributed by atoms with Gasteiger partial charge in [0.25, 0.3) is 18.3 Å². The Morgan fingerprint density at radius 3 is 1.63 bits per heavy atom. The maximum absolute atomic E-state index is 13.2. The van der Waals surface area contributed by atoms with Crippen LogP contribution in [0.25, 0.3) is 0 Å². The highest BCUT2D eigenvalue weighted by atomic mass is 32.2. The average molecular weight is 1090 g/mol. The Morgan fingerprint density at radius 1 is 0.587 bits per heavy atom. The number of carbonyl (C=O) groups excluding carboxylic acids is 8. The summed E-state index contributed by atoms with van der Waals surface area (Å²) in [6, 6.07) is 12.1. The molecule has 2 aromatic carbocycles. The van der Waals surface area contributed by atoms with E-state index in [1.54, 1.807) is 50.2 Å². The van der Waals surface area contributed by atoms with Gasteiger partial charge in [0.2, 0.25) is 29.5 Å². The van der Waals surface area contributed by atoms with Gasteiger partial charge in [-0.1, -0.05) is 93.0 Å². The topological polar surface area (TPSA) is 270 Å². The Morgan fingerprint density at radius 2 is 1.11 bits per heavy atom. The van der Waals surface area contributed by atoms with Crippen LogP contribution in [0.15, 0.2) is 48.5 Å². The second kappa shape index (κ2) is 44.8. The average Bonchev–Trinajstić information content (AvgIpc) is 3.37. The van der Waals surface area contributed by atoms with Crippen molar-refractivity contribution < 1.29 is 48.3 Å². The van der Waals surface area contributed by atoms with Crippen LogP contribution in [0.3, 0.4) is 0 Å². The summed E-state index contributed by atoms with van der Waals surface area (Å²) in [6.07, 6.45) is 10.1. The Kier molecular flexibility index (Phi) is 42.8. The van der Waals surface area contributed by atoms with Crippen molar-refractivity contribution in [3.63, 3.8) is 0 Å². The number of amides is 7. The minimum atomic E-state index is -0.878. The van der Waals surface area contributed by atoms with Crippen LogP contribution in [0.1, 0.15) is 159 Å². The maximum atomic E-state index is 13.2. The fourth-order valence-corrected chi connectivity index (χ4v) is 6.86. The van der Waals surface area contributed by atoms with E-state index in [0.717, 1.165) is 18.4 Å². The van der Waals surface area contributed by atoms with Crippen LogP contribution in [0.2, 0.25) is 0 Å². The fraction of sp³-hybridized carbons (Fsp3) is 0.618. The molecule has 0 radical (unpaired) electrons. The van der Waals surface area contributed by atoms with Crippen LogP contribution in [0.5, 0.6) is 0 Å². The van der Waals surface area contributed by atoms with Crippen LogP contribution in [0.4, 0.5) is 0 Å². The number of benzene rings is 2. The van der Waals surface area contributed by atoms with E-state index in [2.05, 4.69) is 83.4 Å². The number of carbonyl (C=O) groups is 9. The van der Waals surface area contributed by atoms with Crippen molar-refractivity contribution in [1.29, 1.82) is 0 Å². The third-order valence-electron chi connectivity index (χ3n) is 10.7. The molecule has 2 aromatic rings. The number of carboxylic acid groups (broad SMARTS) is 1. The Balaban J connectivity index is 0. The van der Waals surface area contributed by atoms with E-state index in [0.29, 0.717) is 80.1 Å². The molecule has 20 heteroatoms. The number of rotatable bonds is 32. The Labute approximate surface area is 456 Å². The van der Waals surface area contributed by atoms with Gasteiger partial charge < -0.3 is 47.6 Å². The zero-order valence-corrected chi connectivity index (χ0v) is 48.5. The van der Waals surface area contributed by atoms with Crippen molar-refractivity contribution in [3.05, 3.63) is 70.8 Å². The summed E-state index contributed by atoms with van der Waals surface area (Å²) < 4.78 is 0. The molecular formula is C55H92N8O10S2. The lowest BCUT2D eigenvalue weighted by Crippen LogP contribution is -2.51. The lowest BCUT2D eigenvalue weighted by atomic mass is 10.0. The summed E-state index contributed by atoms with van der Waals surface area (Å²) in [5, 5.41) is 29.5. The van der Waals surface area contributed by atoms with E-state index in [1.807, 2.05) is 50.9 Å². The van der Waals surface area contributed by atoms with Crippen molar-refractivity contribution >= 4 is 77.1 Å². The Hall–Kier alpha value is -5.47. The van der Waals surface area contributed by atoms with Crippen LogP contribution < -0.4 is 42.5 Å². The van der Waals surface area contributed by atoms with E-state index in [1.165, 1.54) is 23.9 Å². The zero-order chi connectivity index (χ0) is 57.1. The summed E-state index contributed by atoms with van der Waals surface area (Å²) in [5.41, 5.74) is 2.45. The third-order valence-corrected chi connectivity index (χ3v) is 12.0. The van der Waals surface area contributed by atoms with E-state index in [9.17, 15) is 38.4 Å². The van der Waals surface area contributed by atoms with Crippen molar-refractivity contribution in [2.24, 2.45) is 11.8 Å². The lowest BCUT2D eigenvalue weighted by molar-refractivity contribution is -0.129. The number of Topliss-reactive ketones (excluding diaryl/α,β-unsaturated/α-hetero) is 1. The molecule has 0 bridgehead atoms. The van der Waals surface area contributed by atoms with Crippen LogP contribution in [0, 0.1) is 11.8 Å². The van der Waals surface area contributed by atoms with E-state index >= 15 is 0 Å². The van der Waals surface area contributed by atoms with Gasteiger partial charge in [0, 0.05) is 61.6 Å². The Bertz CT molecular complexity index is 1950. The monoisotopic (exact) mass is 1090 g/mol. The lowest BCUT2D eigenvalue weighted by Gasteiger charge is -2.22. The van der Waals surface area contributed by atoms with Gasteiger partial charge in [0.05, 0.1) is 13.1 Å². The second-order valence-corrected chi connectivity index (χ2v) is 20.8. The van der Waals surface area contributed by atoms with E-state index in [-0.39, 0.29) is 61.6 Å². The van der Waals surface area contributed by atoms with Gasteiger partial charge in [-0.25, -0.2) is 0 Å². The predicted molar refractivity (Wildman–Crippen MR) is 305 cm³/mol. The number of ketones is 1. The van der Waals surface area contributed by atoms with Gasteiger partial charge in [-0.15, -0.1) is 0 Å². The number of hydrogen-bond acceptors (Lipinski definition) is 12. The molecule has 3 atom stereocenters. The molecule has 7 amide bonds. The minimum Gasteiger partial charge on any atom is -0.483 e. The summed E-state index contributed by atoms with van der Waals surface area (Å²) >= 11 is 3.38. The highest BCUT2D eigenvalue weighted by Gasteiger charge is 2.25. The van der Waals surface area contributed by atoms with Gasteiger partial charge in [-0.3, -0.25) is 43.2 Å². The van der Waals surface area contributed by atoms with Gasteiger partial charge in [0.15, 0.2) is 0 Å². The predicted octanol–water partition coefficient (Wildman–Crippen LogP) is 6.40. The molecule has 0 fully saturated rings. The molecule has 18 nitrogen and oxygen atoms in total. The zero-order valence-electron chi connectivity index (χ0n) is 46.9. The molecular weight excluding hydrogens is 997 g/mol. The summed E-state index contributed by atoms with van der Waals surface area (Å²) in [5.74, 6) is -0.836. The summed E-state index contributed by atoms with van der Waals surface area (Å²) in [7, 11) is 0. The van der Waals surface area contributed by atoms with Gasteiger partial charge in [-0.2, -0.15) is 23.5 Å². The van der Waals surface area contributed by atoms with Crippen LogP contribution in [-0.2, 0) is 46.7 Å². The van der Waals surface area contributed by atoms with Gasteiger partial charge in [0.1, 0.15) is 17.9 Å². The third kappa shape index (κ3) is 37.0. The molecule has 0 aromatic heterocycles. The quantitative estimate of drug-likeness (QED) is 0.0284. The normalized spacial score (nSPS) is 11.6. The first-order valence-corrected chi connectivity index (χ1v) is 28.9. The highest BCUT2D eigenvalue weighted by Crippen LogP contribution is 2.10. The maximum Gasteiger partial charge on any atom is 0.290 e. The number of thioether (sulfide) groups is 2. The smallest absolute Gasteiger partial charge is 0.290 e. The number of nitrogens with one attached hydrogen (secondary N) is 8. The summed E-state index contributed by atoms with van der Waals surface area (Å²) in [6.45, 7) is 20.3. The number of hydrogen-bond donors (Lipinski definition) is 9. The second-order valence-electron chi connectivity index (χ2n) is 18.7. The largest absolute Gasteiger partial charge is 0.483 e. The van der Waals surface area contributed by atoms with Crippen molar-refractivity contribution in [1.82, 2.24) is 42.5 Å². The standard InChI is InChI=1S/C48H74N8O8S.C3H8S.C3H8.CH2O2/c1-31(2)40(57)14-9-10-15-41(58)49-25-12-11-13-34(7)54-42(59)29-53-47(63)39(24-26-65-8)55-46(62)38-22-18-36(19-23-38)28-51-48(64)44(32(3)4)56-43(60)30-52-45(61)37-20-16-35(17-21-37)27-50-33(5)6;1-3-4-2;1-3-2;2-1-3/h16-23,31-34,39,44,50H,9-15,24-30H2,1-8H3,(H,49,58)(H,51,64)(H,52,61)(H,53,63)(H,54,59)(H,55,62)(H,56,60);3H2,1-2H3;3H2,1-2H3;1H,(H,2,3). The molecule has 0 aliphatic heterocycles. The fourth-order valence-electron chi connectivity index (χ4n) is 6.39. The van der Waals surface area contributed by atoms with Crippen molar-refractivity contribution in [3.8, 4) is 0 Å². The first-order chi connectivity index (χ1) is 35.6. The molecule has 0 spiro atoms. The molecule has 75 heavy (non-hydrogen) atoms. The molecule has 9 N–H and O–H groups in total. The van der Waals surface area contributed by atoms with E-state index < -0.39 is 41.6 Å². The van der Waals surface area contributed by atoms with Crippen LogP contribution in [-0.4, -0.2) is 127 Å². The first-order valence-electron chi connectivity index (χ1n) is 26.1. The molecule has 0 heterocycles. The minimum absolute atomic E-state index is 0.0202. The SMILES string of the molecule is CCC.CCSC.CSCCC(NC(=O)c1ccc(CNC(=O)C(NC(=O)CNC(=O)c2ccc(CNC(C)C)cc2)C(C)C)cc1)C(=O)NCC(=O)NC(C)CCCCNC(=O)CCCCC(=O)C(C)C.O=CO. The molecule has 0 saturated carbocycles. The molecule has 0 aliphatic carbocycles. The van der Waals surface area contributed by atoms with Crippen LogP contribution >= 0.6 is 23.5 Å². The van der Waals surface area contributed by atoms with Crippen molar-refractivity contribution in [2.45, 2.75) is 164 Å². The van der Waals surface area contributed by atoms with Gasteiger partial charge >= 0.3 is 0 Å².